The first-order chi connectivity index (χ1) is 23.7. The van der Waals surface area contributed by atoms with Crippen molar-refractivity contribution < 1.29 is 4.79 Å². The van der Waals surface area contributed by atoms with E-state index in [2.05, 4.69) is 66.1 Å². The number of carbonyl (C=O) groups is 1. The lowest BCUT2D eigenvalue weighted by Crippen LogP contribution is -2.25. The number of aromatic nitrogens is 4. The van der Waals surface area contributed by atoms with Gasteiger partial charge < -0.3 is 10.2 Å². The summed E-state index contributed by atoms with van der Waals surface area (Å²) in [6.07, 6.45) is 2.21. The van der Waals surface area contributed by atoms with Crippen molar-refractivity contribution in [1.29, 1.82) is 0 Å². The molecular formula is C40H43ClN6O2. The fourth-order valence-corrected chi connectivity index (χ4v) is 5.98. The Balaban J connectivity index is 0.000000299. The summed E-state index contributed by atoms with van der Waals surface area (Å²) in [5.41, 5.74) is 5.71. The van der Waals surface area contributed by atoms with Gasteiger partial charge in [0.25, 0.3) is 5.56 Å². The predicted molar refractivity (Wildman–Crippen MR) is 202 cm³/mol. The third-order valence-electron chi connectivity index (χ3n) is 8.67. The van der Waals surface area contributed by atoms with Gasteiger partial charge in [-0.25, -0.2) is 15.0 Å². The van der Waals surface area contributed by atoms with E-state index < -0.39 is 0 Å². The molecule has 0 spiro atoms. The van der Waals surface area contributed by atoms with Crippen LogP contribution in [0.15, 0.2) is 95.8 Å². The molecule has 0 aliphatic carbocycles. The molecule has 1 unspecified atom stereocenters. The first-order valence-electron chi connectivity index (χ1n) is 16.8. The number of hydrogen-bond acceptors (Lipinski definition) is 7. The number of aromatic amines is 1. The number of H-pyrrole nitrogens is 1. The van der Waals surface area contributed by atoms with Crippen LogP contribution in [-0.2, 0) is 0 Å². The number of ketones is 1. The van der Waals surface area contributed by atoms with E-state index in [1.54, 1.807) is 6.07 Å². The van der Waals surface area contributed by atoms with Crippen molar-refractivity contribution in [3.8, 4) is 11.4 Å². The summed E-state index contributed by atoms with van der Waals surface area (Å²) < 4.78 is 0. The van der Waals surface area contributed by atoms with E-state index in [4.69, 9.17) is 21.6 Å². The molecule has 2 heterocycles. The van der Waals surface area contributed by atoms with Gasteiger partial charge in [-0.3, -0.25) is 14.6 Å². The van der Waals surface area contributed by atoms with Crippen LogP contribution in [0, 0.1) is 13.8 Å². The van der Waals surface area contributed by atoms with Gasteiger partial charge in [-0.05, 0) is 88.1 Å². The summed E-state index contributed by atoms with van der Waals surface area (Å²) >= 11 is 5.63. The zero-order chi connectivity index (χ0) is 34.9. The van der Waals surface area contributed by atoms with E-state index in [9.17, 15) is 9.59 Å². The van der Waals surface area contributed by atoms with Gasteiger partial charge in [-0.15, -0.1) is 0 Å². The van der Waals surface area contributed by atoms with Crippen LogP contribution in [-0.4, -0.2) is 56.3 Å². The maximum absolute atomic E-state index is 12.8. The summed E-state index contributed by atoms with van der Waals surface area (Å²) in [7, 11) is 0. The first-order valence-corrected chi connectivity index (χ1v) is 17.2. The lowest BCUT2D eigenvalue weighted by molar-refractivity contribution is 0.103. The van der Waals surface area contributed by atoms with Crippen molar-refractivity contribution in [2.45, 2.75) is 53.5 Å². The minimum Gasteiger partial charge on any atom is -0.367 e. The fourth-order valence-electron chi connectivity index (χ4n) is 5.81. The summed E-state index contributed by atoms with van der Waals surface area (Å²) in [5, 5.41) is 5.40. The number of carbonyl (C=O) groups excluding carboxylic acids is 1. The van der Waals surface area contributed by atoms with E-state index in [1.165, 1.54) is 0 Å². The normalized spacial score (nSPS) is 11.7. The molecule has 49 heavy (non-hydrogen) atoms. The SMILES string of the molecule is CCN(CC)CCCC(C)Nc1nc(-c2ccc(C(=O)c3ccccc3)cc2)nc2c(C)cccc12.Cc1cccc2c(=O)[nH]c(Cl)nc12. The second-order valence-electron chi connectivity index (χ2n) is 12.2. The smallest absolute Gasteiger partial charge is 0.259 e. The number of rotatable bonds is 11. The Morgan fingerprint density at radius 2 is 1.41 bits per heavy atom. The third kappa shape index (κ3) is 8.76. The zero-order valence-corrected chi connectivity index (χ0v) is 29.5. The number of nitrogens with one attached hydrogen (secondary N) is 2. The summed E-state index contributed by atoms with van der Waals surface area (Å²) in [5.74, 6) is 1.53. The van der Waals surface area contributed by atoms with Crippen LogP contribution in [0.2, 0.25) is 5.28 Å². The van der Waals surface area contributed by atoms with Crippen LogP contribution in [0.25, 0.3) is 33.2 Å². The predicted octanol–water partition coefficient (Wildman–Crippen LogP) is 8.64. The van der Waals surface area contributed by atoms with Gasteiger partial charge >= 0.3 is 0 Å². The molecule has 2 N–H and O–H groups in total. The molecule has 252 valence electrons. The molecule has 1 atom stereocenters. The Morgan fingerprint density at radius 1 is 0.796 bits per heavy atom. The number of hydrogen-bond donors (Lipinski definition) is 2. The van der Waals surface area contributed by atoms with E-state index >= 15 is 0 Å². The van der Waals surface area contributed by atoms with E-state index in [0.717, 1.165) is 65.9 Å². The largest absolute Gasteiger partial charge is 0.367 e. The molecule has 0 aliphatic rings. The highest BCUT2D eigenvalue weighted by Crippen LogP contribution is 2.28. The number of nitrogens with zero attached hydrogens (tertiary/aromatic N) is 4. The molecule has 8 nitrogen and oxygen atoms in total. The number of anilines is 1. The van der Waals surface area contributed by atoms with Gasteiger partial charge in [0.1, 0.15) is 5.82 Å². The highest BCUT2D eigenvalue weighted by molar-refractivity contribution is 6.28. The van der Waals surface area contributed by atoms with Crippen molar-refractivity contribution in [3.05, 3.63) is 129 Å². The maximum atomic E-state index is 12.8. The van der Waals surface area contributed by atoms with E-state index in [-0.39, 0.29) is 22.7 Å². The molecular weight excluding hydrogens is 632 g/mol. The molecule has 0 saturated heterocycles. The molecule has 0 fully saturated rings. The van der Waals surface area contributed by atoms with Gasteiger partial charge in [-0.1, -0.05) is 92.7 Å². The molecule has 0 bridgehead atoms. The van der Waals surface area contributed by atoms with Gasteiger partial charge in [0.05, 0.1) is 16.4 Å². The number of fused-ring (bicyclic) bond motifs is 2. The number of para-hydroxylation sites is 2. The average molecular weight is 675 g/mol. The minimum atomic E-state index is -0.196. The summed E-state index contributed by atoms with van der Waals surface area (Å²) in [6, 6.07) is 28.9. The molecule has 2 aromatic heterocycles. The van der Waals surface area contributed by atoms with Crippen molar-refractivity contribution in [2.24, 2.45) is 0 Å². The van der Waals surface area contributed by atoms with Crippen LogP contribution >= 0.6 is 11.6 Å². The second kappa shape index (κ2) is 16.5. The van der Waals surface area contributed by atoms with Crippen LogP contribution in [0.5, 0.6) is 0 Å². The second-order valence-corrected chi connectivity index (χ2v) is 12.5. The summed E-state index contributed by atoms with van der Waals surface area (Å²) in [6.45, 7) is 13.9. The molecule has 4 aromatic carbocycles. The highest BCUT2D eigenvalue weighted by Gasteiger charge is 2.15. The van der Waals surface area contributed by atoms with Crippen molar-refractivity contribution in [3.63, 3.8) is 0 Å². The van der Waals surface area contributed by atoms with E-state index in [1.807, 2.05) is 73.7 Å². The molecule has 0 saturated carbocycles. The number of halogens is 1. The molecule has 0 radical (unpaired) electrons. The third-order valence-corrected chi connectivity index (χ3v) is 8.85. The Bertz CT molecular complexity index is 2090. The molecule has 0 aliphatic heterocycles. The first kappa shape index (κ1) is 35.4. The Kier molecular flexibility index (Phi) is 11.9. The van der Waals surface area contributed by atoms with Crippen molar-refractivity contribution >= 4 is 45.0 Å². The maximum Gasteiger partial charge on any atom is 0.259 e. The average Bonchev–Trinajstić information content (AvgIpc) is 3.11. The van der Waals surface area contributed by atoms with Crippen LogP contribution < -0.4 is 10.9 Å². The van der Waals surface area contributed by atoms with Gasteiger partial charge in [0.2, 0.25) is 5.28 Å². The van der Waals surface area contributed by atoms with Gasteiger partial charge in [0, 0.05) is 28.1 Å². The van der Waals surface area contributed by atoms with Crippen molar-refractivity contribution in [2.75, 3.05) is 25.0 Å². The molecule has 9 heteroatoms. The monoisotopic (exact) mass is 674 g/mol. The fraction of sp³-hybridized carbons (Fsp3) is 0.275. The molecule has 6 rings (SSSR count). The van der Waals surface area contributed by atoms with Crippen LogP contribution in [0.4, 0.5) is 5.82 Å². The highest BCUT2D eigenvalue weighted by atomic mass is 35.5. The van der Waals surface area contributed by atoms with Gasteiger partial charge in [0.15, 0.2) is 11.6 Å². The zero-order valence-electron chi connectivity index (χ0n) is 28.8. The quantitative estimate of drug-likeness (QED) is 0.105. The molecule has 6 aromatic rings. The number of aryl methyl sites for hydroxylation is 2. The van der Waals surface area contributed by atoms with E-state index in [0.29, 0.717) is 27.9 Å². The van der Waals surface area contributed by atoms with Crippen LogP contribution in [0.1, 0.15) is 60.7 Å². The van der Waals surface area contributed by atoms with Crippen molar-refractivity contribution in [1.82, 2.24) is 24.8 Å². The lowest BCUT2D eigenvalue weighted by Gasteiger charge is -2.21. The Hall–Kier alpha value is -4.92. The Labute approximate surface area is 292 Å². The standard InChI is InChI=1S/C31H36N4O.C9H7ClN2O/c1-5-35(6-2)21-11-13-23(4)32-31-27-16-10-12-22(3)28(27)33-30(34-31)26-19-17-25(18-20-26)29(36)24-14-8-7-9-15-24;1-5-3-2-4-6-7(5)11-9(10)12-8(6)13/h7-10,12,14-20,23H,5-6,11,13,21H2,1-4H3,(H,32,33,34);2-4H,1H3,(H,11,12,13). The van der Waals surface area contributed by atoms with Gasteiger partial charge in [-0.2, -0.15) is 0 Å². The minimum absolute atomic E-state index is 0.0123. The summed E-state index contributed by atoms with van der Waals surface area (Å²) in [4.78, 5) is 43.0. The topological polar surface area (TPSA) is 104 Å². The lowest BCUT2D eigenvalue weighted by atomic mass is 10.0. The number of benzene rings is 4. The van der Waals surface area contributed by atoms with Crippen LogP contribution in [0.3, 0.4) is 0 Å². The molecule has 0 amide bonds. The Morgan fingerprint density at radius 3 is 2.06 bits per heavy atom.